The molecule has 1 saturated heterocycles. The summed E-state index contributed by atoms with van der Waals surface area (Å²) in [4.78, 5) is 28.6. The predicted molar refractivity (Wildman–Crippen MR) is 101 cm³/mol. The molecule has 1 unspecified atom stereocenters. The first-order valence-corrected chi connectivity index (χ1v) is 9.94. The van der Waals surface area contributed by atoms with Gasteiger partial charge in [0.1, 0.15) is 18.8 Å². The Morgan fingerprint density at radius 2 is 1.94 bits per heavy atom. The fourth-order valence-corrected chi connectivity index (χ4v) is 3.56. The Morgan fingerprint density at radius 1 is 1.27 bits per heavy atom. The molecule has 17 heteroatoms. The summed E-state index contributed by atoms with van der Waals surface area (Å²) in [5.74, 6) is -0.255. The molecule has 0 radical (unpaired) electrons. The summed E-state index contributed by atoms with van der Waals surface area (Å²) in [6, 6.07) is 4.07. The summed E-state index contributed by atoms with van der Waals surface area (Å²) < 4.78 is 65.3. The lowest BCUT2D eigenvalue weighted by Crippen LogP contribution is -2.44. The van der Waals surface area contributed by atoms with Crippen LogP contribution in [0.5, 0.6) is 5.75 Å². The van der Waals surface area contributed by atoms with Crippen molar-refractivity contribution in [2.45, 2.75) is 30.3 Å². The molecule has 1 fully saturated rings. The number of hydrogen-bond donors (Lipinski definition) is 3. The number of nitrogens with zero attached hydrogens (tertiary/aromatic N) is 4. The van der Waals surface area contributed by atoms with E-state index in [0.29, 0.717) is 16.7 Å². The van der Waals surface area contributed by atoms with Gasteiger partial charge in [-0.3, -0.25) is 4.79 Å². The molecule has 3 rings (SSSR count). The van der Waals surface area contributed by atoms with Crippen LogP contribution >= 0.6 is 8.25 Å². The van der Waals surface area contributed by atoms with Gasteiger partial charge >= 0.3 is 20.1 Å². The van der Waals surface area contributed by atoms with Crippen molar-refractivity contribution in [3.63, 3.8) is 0 Å². The molecule has 0 amide bonds. The number of H-pyrrole nitrogens is 1. The minimum atomic E-state index is -4.59. The van der Waals surface area contributed by atoms with E-state index in [-0.39, 0.29) is 5.75 Å². The molecule has 33 heavy (non-hydrogen) atoms. The second-order valence-corrected chi connectivity index (χ2v) is 7.47. The second kappa shape index (κ2) is 9.31. The lowest BCUT2D eigenvalue weighted by atomic mass is 10.1. The molecule has 0 aliphatic carbocycles. The number of aromatic nitrogens is 2. The molecule has 0 spiro atoms. The van der Waals surface area contributed by atoms with Crippen LogP contribution in [0.1, 0.15) is 11.8 Å². The van der Waals surface area contributed by atoms with Crippen LogP contribution in [0.2, 0.25) is 0 Å². The van der Waals surface area contributed by atoms with Gasteiger partial charge in [0.2, 0.25) is 5.72 Å². The van der Waals surface area contributed by atoms with Gasteiger partial charge in [-0.15, -0.1) is 4.52 Å². The molecular weight excluding hydrogens is 478 g/mol. The zero-order valence-corrected chi connectivity index (χ0v) is 17.0. The van der Waals surface area contributed by atoms with Crippen molar-refractivity contribution in [2.24, 2.45) is 5.11 Å². The summed E-state index contributed by atoms with van der Waals surface area (Å²) in [6.45, 7) is -0.985. The van der Waals surface area contributed by atoms with E-state index < -0.39 is 62.0 Å². The normalized spacial score (nSPS) is 25.4. The maximum Gasteiger partial charge on any atom is 0.750 e. The monoisotopic (exact) mass is 492 g/mol. The second-order valence-electron chi connectivity index (χ2n) is 6.58. The van der Waals surface area contributed by atoms with Crippen LogP contribution in [0, 0.1) is 0 Å². The van der Waals surface area contributed by atoms with E-state index in [1.807, 2.05) is 0 Å². The van der Waals surface area contributed by atoms with Gasteiger partial charge < -0.3 is 19.9 Å². The smallest absolute Gasteiger partial charge is 0.387 e. The highest BCUT2D eigenvalue weighted by atomic mass is 31.1. The number of azide groups is 1. The number of hydrogen-bond acceptors (Lipinski definition) is 9. The molecule has 1 aromatic heterocycles. The van der Waals surface area contributed by atoms with Crippen LogP contribution < -0.4 is 15.8 Å². The quantitative estimate of drug-likeness (QED) is 0.225. The fraction of sp³-hybridized carbons (Fsp3) is 0.375. The zero-order valence-electron chi connectivity index (χ0n) is 16.1. The summed E-state index contributed by atoms with van der Waals surface area (Å²) in [6.07, 6.45) is -9.35. The molecule has 3 N–H and O–H groups in total. The Kier molecular flexibility index (Phi) is 6.88. The molecule has 1 aliphatic rings. The molecule has 13 nitrogen and oxygen atoms in total. The van der Waals surface area contributed by atoms with E-state index in [0.717, 1.165) is 24.4 Å². The number of halogens is 3. The van der Waals surface area contributed by atoms with E-state index in [4.69, 9.17) is 19.3 Å². The minimum Gasteiger partial charge on any atom is -0.387 e. The Bertz CT molecular complexity index is 1170. The number of aromatic amines is 1. The Balaban J connectivity index is 1.76. The Labute approximate surface area is 181 Å². The third kappa shape index (κ3) is 5.06. The average molecular weight is 492 g/mol. The van der Waals surface area contributed by atoms with Gasteiger partial charge in [0.15, 0.2) is 12.0 Å². The molecule has 5 atom stereocenters. The van der Waals surface area contributed by atoms with E-state index >= 15 is 0 Å². The minimum absolute atomic E-state index is 0.255. The molecule has 2 heterocycles. The van der Waals surface area contributed by atoms with Crippen molar-refractivity contribution < 1.29 is 41.7 Å². The van der Waals surface area contributed by atoms with Crippen molar-refractivity contribution in [3.8, 4) is 5.75 Å². The van der Waals surface area contributed by atoms with Crippen molar-refractivity contribution in [2.75, 3.05) is 6.61 Å². The third-order valence-electron chi connectivity index (χ3n) is 4.50. The van der Waals surface area contributed by atoms with E-state index in [1.165, 1.54) is 0 Å². The topological polar surface area (TPSA) is 189 Å². The van der Waals surface area contributed by atoms with Crippen LogP contribution in [-0.2, 0) is 20.0 Å². The largest absolute Gasteiger partial charge is 0.750 e. The third-order valence-corrected chi connectivity index (χ3v) is 5.20. The number of alkyl halides is 3. The maximum atomic E-state index is 12.6. The molecule has 176 valence electrons. The number of ether oxygens (including phenoxy) is 1. The number of aliphatic hydroxyl groups is 2. The zero-order chi connectivity index (χ0) is 24.4. The number of aliphatic hydroxyl groups excluding tert-OH is 2. The number of nitrogens with one attached hydrogen (secondary N) is 1. The van der Waals surface area contributed by atoms with Gasteiger partial charge in [-0.05, 0) is 29.8 Å². The Morgan fingerprint density at radius 3 is 2.52 bits per heavy atom. The highest BCUT2D eigenvalue weighted by Gasteiger charge is 2.57. The van der Waals surface area contributed by atoms with E-state index in [9.17, 15) is 37.5 Å². The van der Waals surface area contributed by atoms with Gasteiger partial charge in [0.25, 0.3) is 5.56 Å². The summed E-state index contributed by atoms with van der Waals surface area (Å²) in [5.41, 5.74) is 3.53. The molecule has 1 aliphatic heterocycles. The van der Waals surface area contributed by atoms with E-state index in [2.05, 4.69) is 15.0 Å². The summed E-state index contributed by atoms with van der Waals surface area (Å²) in [5, 5.41) is 23.9. The van der Waals surface area contributed by atoms with Crippen molar-refractivity contribution >= 4 is 8.25 Å². The SMILES string of the molecule is [N-]=[N+]=N[C@]1(CO[P+](=O)Oc2ccc(C(F)(F)F)cc2)O[C@@H](n2c(=O)cc[nH]c2=O)[C@H](O)[C@@H]1O. The first-order valence-electron chi connectivity index (χ1n) is 8.84. The van der Waals surface area contributed by atoms with Crippen LogP contribution in [0.15, 0.2) is 51.2 Å². The first-order chi connectivity index (χ1) is 15.5. The first kappa shape index (κ1) is 24.4. The van der Waals surface area contributed by atoms with Crippen molar-refractivity contribution in [1.29, 1.82) is 0 Å². The average Bonchev–Trinajstić information content (AvgIpc) is 2.98. The standard InChI is InChI=1S/C16H13F3N5O8P/c17-16(18,19)8-1-3-9(4-2-8)32-33(29)30-7-15(22-23-20)12(27)11(26)13(31-15)24-10(25)5-6-21-14(24)28/h1-6,11-13,26-27H,7H2/p+1/t11-,12+,13-,15-/m1/s1. The van der Waals surface area contributed by atoms with Crippen molar-refractivity contribution in [3.05, 3.63) is 73.4 Å². The lowest BCUT2D eigenvalue weighted by molar-refractivity contribution is -0.137. The molecule has 1 aromatic carbocycles. The molecule has 2 aromatic rings. The van der Waals surface area contributed by atoms with Crippen LogP contribution in [0.3, 0.4) is 0 Å². The van der Waals surface area contributed by atoms with E-state index in [1.54, 1.807) is 0 Å². The van der Waals surface area contributed by atoms with Crippen LogP contribution in [0.25, 0.3) is 10.4 Å². The number of rotatable bonds is 7. The van der Waals surface area contributed by atoms with Gasteiger partial charge in [-0.2, -0.15) is 13.2 Å². The highest BCUT2D eigenvalue weighted by Crippen LogP contribution is 2.40. The Hall–Kier alpha value is -3.26. The van der Waals surface area contributed by atoms with Gasteiger partial charge in [-0.25, -0.2) is 13.9 Å². The van der Waals surface area contributed by atoms with Crippen LogP contribution in [-0.4, -0.2) is 44.3 Å². The number of benzene rings is 1. The molecule has 0 bridgehead atoms. The fourth-order valence-electron chi connectivity index (χ4n) is 2.92. The highest BCUT2D eigenvalue weighted by molar-refractivity contribution is 7.33. The molecule has 0 saturated carbocycles. The lowest BCUT2D eigenvalue weighted by Gasteiger charge is -2.23. The molecular formula is C16H14F3N5O8P+. The van der Waals surface area contributed by atoms with Crippen molar-refractivity contribution in [1.82, 2.24) is 9.55 Å². The summed E-state index contributed by atoms with van der Waals surface area (Å²) >= 11 is 0. The maximum absolute atomic E-state index is 12.6. The van der Waals surface area contributed by atoms with Gasteiger partial charge in [-0.1, -0.05) is 5.11 Å². The summed E-state index contributed by atoms with van der Waals surface area (Å²) in [7, 11) is -3.09. The van der Waals surface area contributed by atoms with Gasteiger partial charge in [0.05, 0.1) is 5.56 Å². The van der Waals surface area contributed by atoms with Gasteiger partial charge in [0, 0.05) is 21.7 Å². The predicted octanol–water partition coefficient (Wildman–Crippen LogP) is 1.57. The van der Waals surface area contributed by atoms with Crippen LogP contribution in [0.4, 0.5) is 13.2 Å².